The quantitative estimate of drug-likeness (QED) is 0.469. The van der Waals surface area contributed by atoms with Gasteiger partial charge in [0.1, 0.15) is 20.8 Å². The van der Waals surface area contributed by atoms with Crippen LogP contribution in [-0.2, 0) is 4.74 Å². The second kappa shape index (κ2) is 9.04. The number of alkyl carbamates (subject to hydrolysis) is 1. The van der Waals surface area contributed by atoms with Crippen molar-refractivity contribution < 1.29 is 9.53 Å². The first kappa shape index (κ1) is 23.3. The van der Waals surface area contributed by atoms with E-state index < -0.39 is 5.60 Å². The van der Waals surface area contributed by atoms with E-state index in [9.17, 15) is 4.79 Å². The molecule has 1 N–H and O–H groups in total. The molecule has 0 bridgehead atoms. The van der Waals surface area contributed by atoms with Gasteiger partial charge in [-0.3, -0.25) is 0 Å². The number of halogens is 3. The van der Waals surface area contributed by atoms with Gasteiger partial charge < -0.3 is 15.0 Å². The van der Waals surface area contributed by atoms with Crippen LogP contribution >= 0.6 is 45.8 Å². The molecule has 0 aliphatic carbocycles. The van der Waals surface area contributed by atoms with E-state index in [1.54, 1.807) is 12.3 Å². The maximum absolute atomic E-state index is 12.2. The molecule has 1 amide bonds. The zero-order chi connectivity index (χ0) is 22.1. The zero-order valence-corrected chi connectivity index (χ0v) is 21.1. The smallest absolute Gasteiger partial charge is 0.408 e. The lowest BCUT2D eigenvalue weighted by molar-refractivity contribution is 0.0448. The third kappa shape index (κ3) is 5.68. The standard InChI is InChI=1S/C21H25Cl2IN4O2/c1-20(2,3)30-19(29)27-21(4)8-10-28(11-9-21)15-12-25-17(18(24)26-15)13-6-5-7-14(22)16(13)23/h5-7,12H,8-11H2,1-4H3,(H,27,29). The summed E-state index contributed by atoms with van der Waals surface area (Å²) >= 11 is 14.7. The Hall–Kier alpha value is -1.32. The summed E-state index contributed by atoms with van der Waals surface area (Å²) in [6.45, 7) is 9.14. The fourth-order valence-electron chi connectivity index (χ4n) is 3.28. The fourth-order valence-corrected chi connectivity index (χ4v) is 4.35. The molecule has 0 saturated carbocycles. The van der Waals surface area contributed by atoms with Gasteiger partial charge in [-0.25, -0.2) is 14.8 Å². The minimum Gasteiger partial charge on any atom is -0.444 e. The lowest BCUT2D eigenvalue weighted by Gasteiger charge is -2.40. The first-order valence-electron chi connectivity index (χ1n) is 9.70. The minimum atomic E-state index is -0.513. The molecule has 1 fully saturated rings. The van der Waals surface area contributed by atoms with Crippen LogP contribution in [0.2, 0.25) is 10.0 Å². The Kier molecular flexibility index (Phi) is 7.04. The predicted octanol–water partition coefficient (Wildman–Crippen LogP) is 5.94. The van der Waals surface area contributed by atoms with Gasteiger partial charge in [-0.1, -0.05) is 35.3 Å². The van der Waals surface area contributed by atoms with Crippen LogP contribution in [0.1, 0.15) is 40.5 Å². The average molecular weight is 563 g/mol. The molecular formula is C21H25Cl2IN4O2. The van der Waals surface area contributed by atoms with E-state index in [0.717, 1.165) is 41.0 Å². The van der Waals surface area contributed by atoms with E-state index in [-0.39, 0.29) is 11.6 Å². The van der Waals surface area contributed by atoms with Crippen molar-refractivity contribution in [1.29, 1.82) is 0 Å². The van der Waals surface area contributed by atoms with Crippen LogP contribution < -0.4 is 10.2 Å². The maximum atomic E-state index is 12.2. The normalized spacial score (nSPS) is 16.3. The molecule has 6 nitrogen and oxygen atoms in total. The van der Waals surface area contributed by atoms with Gasteiger partial charge in [0.05, 0.1) is 16.2 Å². The monoisotopic (exact) mass is 562 g/mol. The second-order valence-corrected chi connectivity index (χ2v) is 10.5. The van der Waals surface area contributed by atoms with Crippen molar-refractivity contribution in [2.75, 3.05) is 18.0 Å². The molecule has 30 heavy (non-hydrogen) atoms. The number of ether oxygens (including phenoxy) is 1. The highest BCUT2D eigenvalue weighted by Gasteiger charge is 2.33. The van der Waals surface area contributed by atoms with Crippen LogP contribution in [0, 0.1) is 3.70 Å². The van der Waals surface area contributed by atoms with Gasteiger partial charge in [0.2, 0.25) is 0 Å². The number of nitrogens with one attached hydrogen (secondary N) is 1. The number of anilines is 1. The summed E-state index contributed by atoms with van der Waals surface area (Å²) in [5.74, 6) is 0.806. The van der Waals surface area contributed by atoms with Crippen molar-refractivity contribution in [1.82, 2.24) is 15.3 Å². The number of carbonyl (C=O) groups is 1. The number of rotatable bonds is 3. The highest BCUT2D eigenvalue weighted by atomic mass is 127. The Bertz CT molecular complexity index is 941. The van der Waals surface area contributed by atoms with E-state index >= 15 is 0 Å². The number of carbonyl (C=O) groups excluding carboxylic acids is 1. The van der Waals surface area contributed by atoms with Gasteiger partial charge in [-0.15, -0.1) is 0 Å². The molecule has 2 aromatic rings. The molecule has 1 aliphatic rings. The van der Waals surface area contributed by atoms with Crippen molar-refractivity contribution in [2.24, 2.45) is 0 Å². The number of piperidine rings is 1. The molecule has 0 spiro atoms. The number of hydrogen-bond donors (Lipinski definition) is 1. The summed E-state index contributed by atoms with van der Waals surface area (Å²) in [6.07, 6.45) is 2.95. The number of benzene rings is 1. The molecule has 0 radical (unpaired) electrons. The summed E-state index contributed by atoms with van der Waals surface area (Å²) in [5, 5.41) is 3.99. The van der Waals surface area contributed by atoms with E-state index in [2.05, 4.69) is 37.8 Å². The molecule has 9 heteroatoms. The second-order valence-electron chi connectivity index (χ2n) is 8.64. The van der Waals surface area contributed by atoms with Gasteiger partial charge in [-0.2, -0.15) is 0 Å². The van der Waals surface area contributed by atoms with Crippen molar-refractivity contribution in [2.45, 2.75) is 51.7 Å². The van der Waals surface area contributed by atoms with Crippen LogP contribution in [-0.4, -0.2) is 40.3 Å². The lowest BCUT2D eigenvalue weighted by atomic mass is 9.90. The third-order valence-electron chi connectivity index (χ3n) is 4.92. The molecule has 1 aliphatic heterocycles. The third-order valence-corrected chi connectivity index (χ3v) is 6.49. The van der Waals surface area contributed by atoms with Gasteiger partial charge in [0.25, 0.3) is 0 Å². The minimum absolute atomic E-state index is 0.312. The summed E-state index contributed by atoms with van der Waals surface area (Å²) in [7, 11) is 0. The molecule has 162 valence electrons. The van der Waals surface area contributed by atoms with Crippen molar-refractivity contribution in [3.63, 3.8) is 0 Å². The molecule has 0 unspecified atom stereocenters. The summed E-state index contributed by atoms with van der Waals surface area (Å²) in [6, 6.07) is 5.48. The zero-order valence-electron chi connectivity index (χ0n) is 17.4. The number of hydrogen-bond acceptors (Lipinski definition) is 5. The van der Waals surface area contributed by atoms with Gasteiger partial charge >= 0.3 is 6.09 Å². The Morgan fingerprint density at radius 3 is 2.53 bits per heavy atom. The van der Waals surface area contributed by atoms with Crippen molar-refractivity contribution >= 4 is 57.7 Å². The van der Waals surface area contributed by atoms with Crippen LogP contribution in [0.4, 0.5) is 10.6 Å². The fraction of sp³-hybridized carbons (Fsp3) is 0.476. The molecule has 1 aromatic heterocycles. The predicted molar refractivity (Wildman–Crippen MR) is 129 cm³/mol. The first-order chi connectivity index (χ1) is 14.0. The van der Waals surface area contributed by atoms with E-state index in [1.165, 1.54) is 0 Å². The summed E-state index contributed by atoms with van der Waals surface area (Å²) < 4.78 is 6.16. The number of aromatic nitrogens is 2. The SMILES string of the molecule is CC1(NC(=O)OC(C)(C)C)CCN(c2cnc(-c3cccc(Cl)c3Cl)c(I)n2)CC1. The van der Waals surface area contributed by atoms with Crippen LogP contribution in [0.15, 0.2) is 24.4 Å². The Balaban J connectivity index is 1.68. The summed E-state index contributed by atoms with van der Waals surface area (Å²) in [5.41, 5.74) is 0.648. The van der Waals surface area contributed by atoms with E-state index in [4.69, 9.17) is 32.9 Å². The molecule has 1 saturated heterocycles. The van der Waals surface area contributed by atoms with Crippen LogP contribution in [0.5, 0.6) is 0 Å². The highest BCUT2D eigenvalue weighted by molar-refractivity contribution is 14.1. The Labute approximate surface area is 200 Å². The van der Waals surface area contributed by atoms with Gasteiger partial charge in [0, 0.05) is 24.2 Å². The molecule has 0 atom stereocenters. The molecular weight excluding hydrogens is 538 g/mol. The molecule has 3 rings (SSSR count). The summed E-state index contributed by atoms with van der Waals surface area (Å²) in [4.78, 5) is 23.7. The maximum Gasteiger partial charge on any atom is 0.408 e. The lowest BCUT2D eigenvalue weighted by Crippen LogP contribution is -2.54. The first-order valence-corrected chi connectivity index (χ1v) is 11.5. The van der Waals surface area contributed by atoms with Crippen LogP contribution in [0.25, 0.3) is 11.3 Å². The number of amides is 1. The van der Waals surface area contributed by atoms with Gasteiger partial charge in [0.15, 0.2) is 0 Å². The largest absolute Gasteiger partial charge is 0.444 e. The van der Waals surface area contributed by atoms with Crippen LogP contribution in [0.3, 0.4) is 0 Å². The Morgan fingerprint density at radius 2 is 1.93 bits per heavy atom. The Morgan fingerprint density at radius 1 is 1.27 bits per heavy atom. The molecule has 2 heterocycles. The highest BCUT2D eigenvalue weighted by Crippen LogP contribution is 2.35. The topological polar surface area (TPSA) is 67.3 Å². The van der Waals surface area contributed by atoms with E-state index in [1.807, 2.05) is 39.8 Å². The molecule has 1 aromatic carbocycles. The van der Waals surface area contributed by atoms with Crippen molar-refractivity contribution in [3.05, 3.63) is 38.1 Å². The van der Waals surface area contributed by atoms with E-state index in [0.29, 0.717) is 15.7 Å². The van der Waals surface area contributed by atoms with Crippen molar-refractivity contribution in [3.8, 4) is 11.3 Å². The average Bonchev–Trinajstić information content (AvgIpc) is 2.63. The number of nitrogens with zero attached hydrogens (tertiary/aromatic N) is 3. The van der Waals surface area contributed by atoms with Gasteiger partial charge in [-0.05, 0) is 69.2 Å².